The molecule has 104 valence electrons. The van der Waals surface area contributed by atoms with Gasteiger partial charge in [-0.15, -0.1) is 0 Å². The van der Waals surface area contributed by atoms with Gasteiger partial charge in [0.25, 0.3) is 0 Å². The maximum atomic E-state index is 6.42. The van der Waals surface area contributed by atoms with E-state index in [2.05, 4.69) is 52.9 Å². The Hall–Kier alpha value is -1.06. The smallest absolute Gasteiger partial charge is 0.192 e. The van der Waals surface area contributed by atoms with Crippen molar-refractivity contribution in [3.63, 3.8) is 0 Å². The van der Waals surface area contributed by atoms with Gasteiger partial charge in [-0.3, -0.25) is 0 Å². The normalized spacial score (nSPS) is 14.8. The molecule has 0 saturated carbocycles. The van der Waals surface area contributed by atoms with Gasteiger partial charge in [0.1, 0.15) is 5.58 Å². The summed E-state index contributed by atoms with van der Waals surface area (Å²) in [6, 6.07) is 8.29. The Kier molecular flexibility index (Phi) is 3.62. The lowest BCUT2D eigenvalue weighted by atomic mass is 10.1. The molecule has 2 nitrogen and oxygen atoms in total. The van der Waals surface area contributed by atoms with Crippen molar-refractivity contribution in [1.29, 1.82) is 0 Å². The topological polar surface area (TPSA) is 22.4 Å². The maximum Gasteiger partial charge on any atom is 0.192 e. The molecule has 0 N–H and O–H groups in total. The minimum absolute atomic E-state index is 0.125. The van der Waals surface area contributed by atoms with Crippen molar-refractivity contribution in [3.05, 3.63) is 36.1 Å². The van der Waals surface area contributed by atoms with E-state index in [1.54, 1.807) is 6.26 Å². The minimum Gasteiger partial charge on any atom is -0.464 e. The van der Waals surface area contributed by atoms with Gasteiger partial charge in [0.2, 0.25) is 0 Å². The van der Waals surface area contributed by atoms with Crippen LogP contribution in [-0.4, -0.2) is 8.32 Å². The second-order valence-corrected chi connectivity index (χ2v) is 11.5. The summed E-state index contributed by atoms with van der Waals surface area (Å²) >= 11 is 0. The van der Waals surface area contributed by atoms with Crippen molar-refractivity contribution in [1.82, 2.24) is 0 Å². The molecule has 0 fully saturated rings. The molecule has 1 aromatic heterocycles. The first kappa shape index (κ1) is 14.3. The van der Waals surface area contributed by atoms with Crippen LogP contribution in [0.5, 0.6) is 0 Å². The Balaban J connectivity index is 2.22. The summed E-state index contributed by atoms with van der Waals surface area (Å²) in [5.41, 5.74) is 2.15. The molecule has 3 heteroatoms. The Morgan fingerprint density at radius 1 is 1.16 bits per heavy atom. The zero-order valence-corrected chi connectivity index (χ0v) is 13.8. The zero-order valence-electron chi connectivity index (χ0n) is 12.8. The van der Waals surface area contributed by atoms with Gasteiger partial charge in [-0.2, -0.15) is 0 Å². The molecule has 0 aliphatic heterocycles. The van der Waals surface area contributed by atoms with Crippen molar-refractivity contribution in [3.8, 4) is 0 Å². The molecular weight excluding hydrogens is 252 g/mol. The van der Waals surface area contributed by atoms with Crippen LogP contribution < -0.4 is 0 Å². The van der Waals surface area contributed by atoms with Crippen molar-refractivity contribution in [2.24, 2.45) is 0 Å². The summed E-state index contributed by atoms with van der Waals surface area (Å²) in [5, 5.41) is 1.38. The Labute approximate surface area is 116 Å². The quantitative estimate of drug-likeness (QED) is 0.689. The van der Waals surface area contributed by atoms with Crippen LogP contribution in [0, 0.1) is 0 Å². The van der Waals surface area contributed by atoms with E-state index in [9.17, 15) is 0 Å². The fourth-order valence-corrected chi connectivity index (χ4v) is 3.30. The van der Waals surface area contributed by atoms with E-state index in [1.807, 2.05) is 12.1 Å². The lowest BCUT2D eigenvalue weighted by molar-refractivity contribution is 0.203. The van der Waals surface area contributed by atoms with Gasteiger partial charge < -0.3 is 8.84 Å². The van der Waals surface area contributed by atoms with Crippen molar-refractivity contribution < 1.29 is 8.84 Å². The summed E-state index contributed by atoms with van der Waals surface area (Å²) < 4.78 is 11.8. The van der Waals surface area contributed by atoms with Crippen LogP contribution in [0.3, 0.4) is 0 Å². The first-order valence-electron chi connectivity index (χ1n) is 6.86. The van der Waals surface area contributed by atoms with Gasteiger partial charge >= 0.3 is 0 Å². The highest BCUT2D eigenvalue weighted by molar-refractivity contribution is 6.74. The second kappa shape index (κ2) is 4.80. The molecule has 0 amide bonds. The van der Waals surface area contributed by atoms with E-state index < -0.39 is 8.32 Å². The summed E-state index contributed by atoms with van der Waals surface area (Å²) in [7, 11) is -1.73. The third-order valence-electron chi connectivity index (χ3n) is 4.22. The molecule has 1 aromatic carbocycles. The number of fused-ring (bicyclic) bond motifs is 1. The summed E-state index contributed by atoms with van der Waals surface area (Å²) in [5.74, 6) is 0. The molecule has 0 bridgehead atoms. The van der Waals surface area contributed by atoms with Crippen LogP contribution in [0.25, 0.3) is 11.0 Å². The molecule has 0 spiro atoms. The minimum atomic E-state index is -1.73. The number of hydrogen-bond acceptors (Lipinski definition) is 2. The monoisotopic (exact) mass is 276 g/mol. The van der Waals surface area contributed by atoms with Gasteiger partial charge in [0, 0.05) is 5.39 Å². The van der Waals surface area contributed by atoms with Crippen LogP contribution in [0.2, 0.25) is 18.1 Å². The molecule has 1 heterocycles. The van der Waals surface area contributed by atoms with E-state index in [0.29, 0.717) is 0 Å². The van der Waals surface area contributed by atoms with Crippen molar-refractivity contribution >= 4 is 19.3 Å². The third-order valence-corrected chi connectivity index (χ3v) is 8.78. The van der Waals surface area contributed by atoms with Gasteiger partial charge in [-0.05, 0) is 48.8 Å². The first-order chi connectivity index (χ1) is 8.71. The van der Waals surface area contributed by atoms with Crippen LogP contribution in [0.15, 0.2) is 34.9 Å². The summed E-state index contributed by atoms with van der Waals surface area (Å²) in [4.78, 5) is 0. The SMILES string of the molecule is C[C@H](O[Si](C)(C)C(C)(C)C)c1ccc2occc2c1. The third kappa shape index (κ3) is 2.93. The molecule has 2 rings (SSSR count). The highest BCUT2D eigenvalue weighted by Crippen LogP contribution is 2.39. The molecule has 2 aromatic rings. The number of benzene rings is 1. The first-order valence-corrected chi connectivity index (χ1v) is 9.76. The predicted octanol–water partition coefficient (Wildman–Crippen LogP) is 5.52. The lowest BCUT2D eigenvalue weighted by Gasteiger charge is -2.38. The average molecular weight is 276 g/mol. The fourth-order valence-electron chi connectivity index (χ4n) is 1.92. The van der Waals surface area contributed by atoms with Crippen LogP contribution in [0.4, 0.5) is 0 Å². The van der Waals surface area contributed by atoms with E-state index in [0.717, 1.165) is 11.0 Å². The largest absolute Gasteiger partial charge is 0.464 e. The predicted molar refractivity (Wildman–Crippen MR) is 82.9 cm³/mol. The molecule has 19 heavy (non-hydrogen) atoms. The second-order valence-electron chi connectivity index (χ2n) is 6.74. The molecule has 0 aliphatic rings. The molecule has 0 unspecified atom stereocenters. The Morgan fingerprint density at radius 2 is 1.84 bits per heavy atom. The van der Waals surface area contributed by atoms with Crippen LogP contribution in [-0.2, 0) is 4.43 Å². The Bertz CT molecular complexity index is 563. The number of rotatable bonds is 3. The molecule has 1 atom stereocenters. The molecule has 0 radical (unpaired) electrons. The van der Waals surface area contributed by atoms with Gasteiger partial charge in [0.15, 0.2) is 8.32 Å². The highest BCUT2D eigenvalue weighted by atomic mass is 28.4. The molecule has 0 saturated heterocycles. The lowest BCUT2D eigenvalue weighted by Crippen LogP contribution is -2.41. The Morgan fingerprint density at radius 3 is 2.47 bits per heavy atom. The van der Waals surface area contributed by atoms with Crippen molar-refractivity contribution in [2.75, 3.05) is 0 Å². The van der Waals surface area contributed by atoms with Crippen molar-refractivity contribution in [2.45, 2.75) is 51.9 Å². The molecule has 0 aliphatic carbocycles. The van der Waals surface area contributed by atoms with Gasteiger partial charge in [-0.25, -0.2) is 0 Å². The average Bonchev–Trinajstić information content (AvgIpc) is 2.73. The van der Waals surface area contributed by atoms with E-state index in [1.165, 1.54) is 5.56 Å². The van der Waals surface area contributed by atoms with Crippen LogP contribution >= 0.6 is 0 Å². The fraction of sp³-hybridized carbons (Fsp3) is 0.500. The summed E-state index contributed by atoms with van der Waals surface area (Å²) in [6.07, 6.45) is 1.86. The van der Waals surface area contributed by atoms with Crippen LogP contribution in [0.1, 0.15) is 39.4 Å². The van der Waals surface area contributed by atoms with Gasteiger partial charge in [0.05, 0.1) is 12.4 Å². The van der Waals surface area contributed by atoms with E-state index in [-0.39, 0.29) is 11.1 Å². The number of hydrogen-bond donors (Lipinski definition) is 0. The maximum absolute atomic E-state index is 6.42. The molecular formula is C16H24O2Si. The highest BCUT2D eigenvalue weighted by Gasteiger charge is 2.38. The summed E-state index contributed by atoms with van der Waals surface area (Å²) in [6.45, 7) is 13.5. The zero-order chi connectivity index (χ0) is 14.3. The standard InChI is InChI=1S/C16H24O2Si/c1-12(18-19(5,6)16(2,3)4)13-7-8-15-14(11-13)9-10-17-15/h7-12H,1-6H3/t12-/m0/s1. The van der Waals surface area contributed by atoms with E-state index >= 15 is 0 Å². The van der Waals surface area contributed by atoms with E-state index in [4.69, 9.17) is 8.84 Å². The van der Waals surface area contributed by atoms with Gasteiger partial charge in [-0.1, -0.05) is 26.8 Å². The number of furan rings is 1.